The quantitative estimate of drug-likeness (QED) is 0.557. The Bertz CT molecular complexity index is 445. The van der Waals surface area contributed by atoms with Gasteiger partial charge in [-0.2, -0.15) is 5.26 Å². The Morgan fingerprint density at radius 1 is 1.75 bits per heavy atom. The molecule has 2 aliphatic heterocycles. The number of rotatable bonds is 3. The van der Waals surface area contributed by atoms with Gasteiger partial charge in [0.1, 0.15) is 5.70 Å². The van der Waals surface area contributed by atoms with Gasteiger partial charge in [0.05, 0.1) is 18.0 Å². The molecular formula is C11H10N2O3. The van der Waals surface area contributed by atoms with E-state index in [1.54, 1.807) is 12.2 Å². The molecule has 2 rings (SSSR count). The van der Waals surface area contributed by atoms with E-state index in [1.165, 1.54) is 11.0 Å². The highest BCUT2D eigenvalue weighted by Gasteiger charge is 2.51. The van der Waals surface area contributed by atoms with Gasteiger partial charge < -0.3 is 10.0 Å². The number of carbonyl (C=O) groups excluding carboxylic acids is 1. The number of carboxylic acids is 1. The SMILES string of the molecule is N#C/C=C/CC1C(=O)N2C(C(=O)O)=CCC12. The number of fused-ring (bicyclic) bond motifs is 1. The van der Waals surface area contributed by atoms with E-state index in [0.29, 0.717) is 12.8 Å². The first-order chi connectivity index (χ1) is 7.66. The van der Waals surface area contributed by atoms with Gasteiger partial charge in [-0.3, -0.25) is 4.79 Å². The normalized spacial score (nSPS) is 27.3. The Labute approximate surface area is 92.3 Å². The zero-order valence-corrected chi connectivity index (χ0v) is 8.46. The summed E-state index contributed by atoms with van der Waals surface area (Å²) in [5, 5.41) is 17.2. The summed E-state index contributed by atoms with van der Waals surface area (Å²) in [6.07, 6.45) is 5.68. The van der Waals surface area contributed by atoms with E-state index in [9.17, 15) is 9.59 Å². The Balaban J connectivity index is 2.02. The molecular weight excluding hydrogens is 208 g/mol. The molecule has 5 nitrogen and oxygen atoms in total. The number of nitrogens with zero attached hydrogens (tertiary/aromatic N) is 2. The lowest BCUT2D eigenvalue weighted by Gasteiger charge is -2.43. The molecule has 2 atom stereocenters. The zero-order valence-electron chi connectivity index (χ0n) is 8.46. The molecule has 1 saturated heterocycles. The Kier molecular flexibility index (Phi) is 2.49. The molecule has 1 N–H and O–H groups in total. The van der Waals surface area contributed by atoms with E-state index >= 15 is 0 Å². The van der Waals surface area contributed by atoms with Crippen molar-refractivity contribution < 1.29 is 14.7 Å². The number of hydrogen-bond acceptors (Lipinski definition) is 3. The molecule has 5 heteroatoms. The molecule has 0 spiro atoms. The van der Waals surface area contributed by atoms with E-state index < -0.39 is 5.97 Å². The van der Waals surface area contributed by atoms with Crippen LogP contribution in [0.25, 0.3) is 0 Å². The van der Waals surface area contributed by atoms with Crippen molar-refractivity contribution >= 4 is 11.9 Å². The maximum Gasteiger partial charge on any atom is 0.352 e. The molecule has 0 radical (unpaired) electrons. The van der Waals surface area contributed by atoms with Gasteiger partial charge >= 0.3 is 5.97 Å². The second-order valence-electron chi connectivity index (χ2n) is 3.78. The molecule has 2 aliphatic rings. The van der Waals surface area contributed by atoms with Gasteiger partial charge in [-0.15, -0.1) is 0 Å². The van der Waals surface area contributed by atoms with Crippen LogP contribution in [0.2, 0.25) is 0 Å². The fraction of sp³-hybridized carbons (Fsp3) is 0.364. The molecule has 0 aromatic heterocycles. The summed E-state index contributed by atoms with van der Waals surface area (Å²) in [7, 11) is 0. The van der Waals surface area contributed by atoms with E-state index in [-0.39, 0.29) is 23.6 Å². The molecule has 1 fully saturated rings. The van der Waals surface area contributed by atoms with Crippen LogP contribution in [0.3, 0.4) is 0 Å². The molecule has 0 saturated carbocycles. The highest BCUT2D eigenvalue weighted by molar-refractivity contribution is 5.98. The minimum Gasteiger partial charge on any atom is -0.477 e. The van der Waals surface area contributed by atoms with Crippen molar-refractivity contribution in [2.24, 2.45) is 5.92 Å². The number of aliphatic carboxylic acids is 1. The molecule has 82 valence electrons. The number of nitriles is 1. The van der Waals surface area contributed by atoms with E-state index in [4.69, 9.17) is 10.4 Å². The van der Waals surface area contributed by atoms with Gasteiger partial charge in [-0.25, -0.2) is 4.79 Å². The maximum absolute atomic E-state index is 11.7. The van der Waals surface area contributed by atoms with Crippen molar-refractivity contribution in [3.63, 3.8) is 0 Å². The van der Waals surface area contributed by atoms with Gasteiger partial charge in [-0.05, 0) is 12.8 Å². The van der Waals surface area contributed by atoms with Crippen LogP contribution in [0.5, 0.6) is 0 Å². The Hall–Kier alpha value is -2.09. The molecule has 16 heavy (non-hydrogen) atoms. The summed E-state index contributed by atoms with van der Waals surface area (Å²) in [5.74, 6) is -1.38. The number of β-lactam (4-membered cyclic amide) rings is 1. The van der Waals surface area contributed by atoms with Crippen LogP contribution in [0, 0.1) is 17.2 Å². The summed E-state index contributed by atoms with van der Waals surface area (Å²) in [4.78, 5) is 23.8. The number of carboxylic acid groups (broad SMARTS) is 1. The first kappa shape index (κ1) is 10.4. The van der Waals surface area contributed by atoms with Crippen LogP contribution in [0.15, 0.2) is 23.9 Å². The lowest BCUT2D eigenvalue weighted by Crippen LogP contribution is -2.58. The Morgan fingerprint density at radius 2 is 2.50 bits per heavy atom. The fourth-order valence-electron chi connectivity index (χ4n) is 2.22. The number of amides is 1. The molecule has 0 aromatic carbocycles. The summed E-state index contributed by atoms with van der Waals surface area (Å²) >= 11 is 0. The molecule has 0 aliphatic carbocycles. The molecule has 2 unspecified atom stereocenters. The molecule has 2 heterocycles. The van der Waals surface area contributed by atoms with Crippen LogP contribution in [0.4, 0.5) is 0 Å². The van der Waals surface area contributed by atoms with Crippen molar-refractivity contribution in [2.45, 2.75) is 18.9 Å². The van der Waals surface area contributed by atoms with Gasteiger partial charge in [0, 0.05) is 6.08 Å². The van der Waals surface area contributed by atoms with Crippen molar-refractivity contribution in [1.29, 1.82) is 5.26 Å². The van der Waals surface area contributed by atoms with Crippen LogP contribution < -0.4 is 0 Å². The maximum atomic E-state index is 11.7. The minimum atomic E-state index is -1.05. The third-order valence-corrected chi connectivity index (χ3v) is 2.96. The Morgan fingerprint density at radius 3 is 3.12 bits per heavy atom. The molecule has 1 amide bonds. The monoisotopic (exact) mass is 218 g/mol. The van der Waals surface area contributed by atoms with Gasteiger partial charge in [0.25, 0.3) is 0 Å². The molecule has 0 aromatic rings. The van der Waals surface area contributed by atoms with Crippen LogP contribution >= 0.6 is 0 Å². The highest BCUT2D eigenvalue weighted by atomic mass is 16.4. The second kappa shape index (κ2) is 3.81. The summed E-state index contributed by atoms with van der Waals surface area (Å²) < 4.78 is 0. The largest absolute Gasteiger partial charge is 0.477 e. The van der Waals surface area contributed by atoms with Crippen molar-refractivity contribution in [3.8, 4) is 6.07 Å². The number of allylic oxidation sites excluding steroid dienone is 2. The van der Waals surface area contributed by atoms with E-state index in [2.05, 4.69) is 0 Å². The van der Waals surface area contributed by atoms with Crippen LogP contribution in [-0.4, -0.2) is 27.9 Å². The predicted octanol–water partition coefficient (Wildman–Crippen LogP) is 0.655. The smallest absolute Gasteiger partial charge is 0.352 e. The standard InChI is InChI=1S/C11H10N2O3/c12-6-2-1-3-7-8-4-5-9(11(15)16)13(8)10(7)14/h1-2,5,7-8H,3-4H2,(H,15,16)/b2-1+. The van der Waals surface area contributed by atoms with Gasteiger partial charge in [0.15, 0.2) is 0 Å². The lowest BCUT2D eigenvalue weighted by molar-refractivity contribution is -0.154. The topological polar surface area (TPSA) is 81.4 Å². The van der Waals surface area contributed by atoms with Gasteiger partial charge in [-0.1, -0.05) is 12.2 Å². The van der Waals surface area contributed by atoms with Crippen molar-refractivity contribution in [2.75, 3.05) is 0 Å². The third-order valence-electron chi connectivity index (χ3n) is 2.96. The molecule has 0 bridgehead atoms. The first-order valence-electron chi connectivity index (χ1n) is 4.98. The zero-order chi connectivity index (χ0) is 11.7. The van der Waals surface area contributed by atoms with Gasteiger partial charge in [0.2, 0.25) is 5.91 Å². The average Bonchev–Trinajstić information content (AvgIpc) is 2.64. The second-order valence-corrected chi connectivity index (χ2v) is 3.78. The van der Waals surface area contributed by atoms with Crippen LogP contribution in [0.1, 0.15) is 12.8 Å². The summed E-state index contributed by atoms with van der Waals surface area (Å²) in [6, 6.07) is 1.83. The summed E-state index contributed by atoms with van der Waals surface area (Å²) in [5.41, 5.74) is 0.0931. The fourth-order valence-corrected chi connectivity index (χ4v) is 2.22. The lowest BCUT2D eigenvalue weighted by atomic mass is 9.85. The van der Waals surface area contributed by atoms with Crippen molar-refractivity contribution in [3.05, 3.63) is 23.9 Å². The van der Waals surface area contributed by atoms with E-state index in [1.807, 2.05) is 6.07 Å². The first-order valence-corrected chi connectivity index (χ1v) is 4.98. The number of hydrogen-bond donors (Lipinski definition) is 1. The highest BCUT2D eigenvalue weighted by Crippen LogP contribution is 2.40. The third kappa shape index (κ3) is 1.39. The van der Waals surface area contributed by atoms with Crippen LogP contribution in [-0.2, 0) is 9.59 Å². The minimum absolute atomic E-state index is 0.0260. The number of carbonyl (C=O) groups is 2. The predicted molar refractivity (Wildman–Crippen MR) is 53.8 cm³/mol. The van der Waals surface area contributed by atoms with Crippen molar-refractivity contribution in [1.82, 2.24) is 4.90 Å². The summed E-state index contributed by atoms with van der Waals surface area (Å²) in [6.45, 7) is 0. The average molecular weight is 218 g/mol. The van der Waals surface area contributed by atoms with E-state index in [0.717, 1.165) is 0 Å².